The largest absolute Gasteiger partial charge is 0.260 e. The Balaban J connectivity index is 3.13. The Bertz CT molecular complexity index is 295. The van der Waals surface area contributed by atoms with E-state index in [1.54, 1.807) is 0 Å². The fraction of sp³-hybridized carbons (Fsp3) is 0.545. The van der Waals surface area contributed by atoms with Gasteiger partial charge < -0.3 is 0 Å². The van der Waals surface area contributed by atoms with Crippen LogP contribution in [0.1, 0.15) is 34.1 Å². The maximum Gasteiger partial charge on any atom is 0.0623 e. The van der Waals surface area contributed by atoms with Gasteiger partial charge in [0.2, 0.25) is 0 Å². The molecule has 0 unspecified atom stereocenters. The molecule has 0 bridgehead atoms. The van der Waals surface area contributed by atoms with E-state index >= 15 is 0 Å². The Morgan fingerprint density at radius 2 is 2.00 bits per heavy atom. The van der Waals surface area contributed by atoms with E-state index in [-0.39, 0.29) is 0 Å². The highest BCUT2D eigenvalue weighted by atomic mass is 35.5. The van der Waals surface area contributed by atoms with E-state index in [1.165, 1.54) is 5.57 Å². The topological polar surface area (TPSA) is 12.4 Å². The number of aliphatic imine (C=N–C) groups is 1. The molecule has 13 heavy (non-hydrogen) atoms. The first-order valence-electron chi connectivity index (χ1n) is 4.61. The zero-order chi connectivity index (χ0) is 10.0. The molecule has 0 N–H and O–H groups in total. The van der Waals surface area contributed by atoms with Crippen LogP contribution in [0.25, 0.3) is 0 Å². The summed E-state index contributed by atoms with van der Waals surface area (Å²) in [5.41, 5.74) is 3.44. The molecule has 1 rings (SSSR count). The van der Waals surface area contributed by atoms with Crippen LogP contribution < -0.4 is 0 Å². The van der Waals surface area contributed by atoms with Gasteiger partial charge in [-0.3, -0.25) is 4.99 Å². The second-order valence-corrected chi connectivity index (χ2v) is 4.31. The van der Waals surface area contributed by atoms with Crippen molar-refractivity contribution in [1.29, 1.82) is 0 Å². The lowest BCUT2D eigenvalue weighted by Crippen LogP contribution is -1.96. The van der Waals surface area contributed by atoms with Gasteiger partial charge in [0.1, 0.15) is 0 Å². The van der Waals surface area contributed by atoms with Gasteiger partial charge >= 0.3 is 0 Å². The van der Waals surface area contributed by atoms with E-state index in [4.69, 9.17) is 11.6 Å². The molecule has 0 atom stereocenters. The zero-order valence-electron chi connectivity index (χ0n) is 8.69. The number of hydrogen-bond donors (Lipinski definition) is 0. The molecule has 0 amide bonds. The summed E-state index contributed by atoms with van der Waals surface area (Å²) in [6.45, 7) is 8.37. The first-order chi connectivity index (χ1) is 6.00. The normalized spacial score (nSPS) is 18.6. The second kappa shape index (κ2) is 4.10. The SMILES string of the molecule is CC1=CC(Cl)=C(C(C)C)N=C(C)C1. The summed E-state index contributed by atoms with van der Waals surface area (Å²) in [5.74, 6) is 0.393. The van der Waals surface area contributed by atoms with Crippen molar-refractivity contribution in [3.8, 4) is 0 Å². The number of rotatable bonds is 1. The Morgan fingerprint density at radius 1 is 1.38 bits per heavy atom. The van der Waals surface area contributed by atoms with E-state index in [2.05, 4.69) is 32.7 Å². The summed E-state index contributed by atoms with van der Waals surface area (Å²) in [6.07, 6.45) is 2.96. The molecule has 72 valence electrons. The van der Waals surface area contributed by atoms with Crippen molar-refractivity contribution in [2.75, 3.05) is 0 Å². The summed E-state index contributed by atoms with van der Waals surface area (Å²) in [7, 11) is 0. The molecule has 0 aliphatic carbocycles. The van der Waals surface area contributed by atoms with Gasteiger partial charge in [0, 0.05) is 12.1 Å². The van der Waals surface area contributed by atoms with E-state index < -0.39 is 0 Å². The minimum absolute atomic E-state index is 0.393. The van der Waals surface area contributed by atoms with Crippen molar-refractivity contribution >= 4 is 17.3 Å². The molecule has 0 aromatic rings. The third kappa shape index (κ3) is 2.70. The van der Waals surface area contributed by atoms with Crippen LogP contribution in [-0.2, 0) is 0 Å². The molecule has 1 nitrogen and oxygen atoms in total. The summed E-state index contributed by atoms with van der Waals surface area (Å²) < 4.78 is 0. The molecule has 1 aliphatic rings. The van der Waals surface area contributed by atoms with Crippen LogP contribution >= 0.6 is 11.6 Å². The fourth-order valence-corrected chi connectivity index (χ4v) is 1.90. The van der Waals surface area contributed by atoms with Crippen LogP contribution in [0, 0.1) is 5.92 Å². The number of halogens is 1. The molecule has 1 aliphatic heterocycles. The van der Waals surface area contributed by atoms with Crippen molar-refractivity contribution in [3.63, 3.8) is 0 Å². The van der Waals surface area contributed by atoms with Gasteiger partial charge in [-0.1, -0.05) is 31.0 Å². The van der Waals surface area contributed by atoms with Crippen molar-refractivity contribution in [1.82, 2.24) is 0 Å². The molecule has 0 aromatic heterocycles. The summed E-state index contributed by atoms with van der Waals surface area (Å²) in [6, 6.07) is 0. The molecule has 0 saturated heterocycles. The minimum atomic E-state index is 0.393. The lowest BCUT2D eigenvalue weighted by molar-refractivity contribution is 0.755. The second-order valence-electron chi connectivity index (χ2n) is 3.90. The first kappa shape index (κ1) is 10.5. The minimum Gasteiger partial charge on any atom is -0.260 e. The van der Waals surface area contributed by atoms with Crippen molar-refractivity contribution < 1.29 is 0 Å². The first-order valence-corrected chi connectivity index (χ1v) is 4.99. The van der Waals surface area contributed by atoms with Crippen molar-refractivity contribution in [3.05, 3.63) is 22.4 Å². The van der Waals surface area contributed by atoms with Gasteiger partial charge in [-0.05, 0) is 25.8 Å². The molecule has 1 heterocycles. The quantitative estimate of drug-likeness (QED) is 0.605. The van der Waals surface area contributed by atoms with E-state index in [0.717, 1.165) is 22.9 Å². The highest BCUT2D eigenvalue weighted by molar-refractivity contribution is 6.31. The van der Waals surface area contributed by atoms with Crippen LogP contribution in [-0.4, -0.2) is 5.71 Å². The van der Waals surface area contributed by atoms with Crippen molar-refractivity contribution in [2.45, 2.75) is 34.1 Å². The zero-order valence-corrected chi connectivity index (χ0v) is 9.44. The van der Waals surface area contributed by atoms with Crippen LogP contribution in [0.4, 0.5) is 0 Å². The molecule has 2 heteroatoms. The van der Waals surface area contributed by atoms with Crippen LogP contribution in [0.5, 0.6) is 0 Å². The lowest BCUT2D eigenvalue weighted by atomic mass is 10.1. The van der Waals surface area contributed by atoms with Gasteiger partial charge in [0.25, 0.3) is 0 Å². The van der Waals surface area contributed by atoms with Gasteiger partial charge in [0.05, 0.1) is 10.7 Å². The fourth-order valence-electron chi connectivity index (χ4n) is 1.45. The standard InChI is InChI=1S/C11H16ClN/c1-7(2)11-10(12)6-8(3)5-9(4)13-11/h6-7H,5H2,1-4H3. The van der Waals surface area contributed by atoms with Crippen LogP contribution in [0.2, 0.25) is 0 Å². The average Bonchev–Trinajstić information content (AvgIpc) is 2.09. The highest BCUT2D eigenvalue weighted by Crippen LogP contribution is 2.25. The maximum absolute atomic E-state index is 6.14. The number of hydrogen-bond acceptors (Lipinski definition) is 1. The monoisotopic (exact) mass is 197 g/mol. The Kier molecular flexibility index (Phi) is 3.32. The molecule has 0 radical (unpaired) electrons. The summed E-state index contributed by atoms with van der Waals surface area (Å²) in [4.78, 5) is 4.52. The summed E-state index contributed by atoms with van der Waals surface area (Å²) >= 11 is 6.14. The molecular formula is C11H16ClN. The van der Waals surface area contributed by atoms with Crippen LogP contribution in [0.3, 0.4) is 0 Å². The maximum atomic E-state index is 6.14. The average molecular weight is 198 g/mol. The van der Waals surface area contributed by atoms with Gasteiger partial charge in [-0.25, -0.2) is 0 Å². The van der Waals surface area contributed by atoms with E-state index in [9.17, 15) is 0 Å². The molecule has 0 saturated carbocycles. The molecule has 0 aromatic carbocycles. The van der Waals surface area contributed by atoms with Gasteiger partial charge in [-0.2, -0.15) is 0 Å². The predicted molar refractivity (Wildman–Crippen MR) is 59.2 cm³/mol. The Labute approximate surface area is 85.2 Å². The molecular weight excluding hydrogens is 182 g/mol. The Morgan fingerprint density at radius 3 is 2.54 bits per heavy atom. The molecule has 0 fully saturated rings. The number of nitrogens with zero attached hydrogens (tertiary/aromatic N) is 1. The van der Waals surface area contributed by atoms with E-state index in [1.807, 2.05) is 6.08 Å². The smallest absolute Gasteiger partial charge is 0.0623 e. The summed E-state index contributed by atoms with van der Waals surface area (Å²) in [5, 5.41) is 0.796. The highest BCUT2D eigenvalue weighted by Gasteiger charge is 2.11. The van der Waals surface area contributed by atoms with Crippen molar-refractivity contribution in [2.24, 2.45) is 10.9 Å². The third-order valence-electron chi connectivity index (χ3n) is 2.01. The van der Waals surface area contributed by atoms with E-state index in [0.29, 0.717) is 5.92 Å². The van der Waals surface area contributed by atoms with Crippen LogP contribution in [0.15, 0.2) is 27.4 Å². The van der Waals surface area contributed by atoms with Gasteiger partial charge in [0.15, 0.2) is 0 Å². The predicted octanol–water partition coefficient (Wildman–Crippen LogP) is 3.90. The Hall–Kier alpha value is -0.560. The molecule has 0 spiro atoms. The van der Waals surface area contributed by atoms with Gasteiger partial charge in [-0.15, -0.1) is 0 Å². The lowest BCUT2D eigenvalue weighted by Gasteiger charge is -2.06. The number of allylic oxidation sites excluding steroid dienone is 4. The third-order valence-corrected chi connectivity index (χ3v) is 2.31.